The summed E-state index contributed by atoms with van der Waals surface area (Å²) >= 11 is 0. The van der Waals surface area contributed by atoms with Crippen molar-refractivity contribution in [3.8, 4) is 0 Å². The molecule has 0 aliphatic carbocycles. The molecule has 1 fully saturated rings. The average Bonchev–Trinajstić information content (AvgIpc) is 2.85. The summed E-state index contributed by atoms with van der Waals surface area (Å²) in [5.74, 6) is 0.517. The maximum absolute atomic E-state index is 9.17. The first-order valence-corrected chi connectivity index (χ1v) is 4.49. The SMILES string of the molecule is COC1CC(CO)N(c2nn[nH]n2)C1. The van der Waals surface area contributed by atoms with Crippen molar-refractivity contribution in [3.05, 3.63) is 0 Å². The minimum atomic E-state index is 0.0255. The van der Waals surface area contributed by atoms with Crippen molar-refractivity contribution in [2.24, 2.45) is 0 Å². The van der Waals surface area contributed by atoms with Gasteiger partial charge in [0.05, 0.1) is 18.8 Å². The summed E-state index contributed by atoms with van der Waals surface area (Å²) in [6.45, 7) is 0.773. The van der Waals surface area contributed by atoms with Gasteiger partial charge in [-0.1, -0.05) is 5.10 Å². The first-order chi connectivity index (χ1) is 6.85. The van der Waals surface area contributed by atoms with Crippen molar-refractivity contribution in [1.29, 1.82) is 0 Å². The van der Waals surface area contributed by atoms with Crippen molar-refractivity contribution >= 4 is 5.95 Å². The van der Waals surface area contributed by atoms with E-state index >= 15 is 0 Å². The highest BCUT2D eigenvalue weighted by Gasteiger charge is 2.33. The van der Waals surface area contributed by atoms with Crippen LogP contribution >= 0.6 is 0 Å². The van der Waals surface area contributed by atoms with Crippen LogP contribution in [0, 0.1) is 0 Å². The molecule has 78 valence electrons. The summed E-state index contributed by atoms with van der Waals surface area (Å²) in [5, 5.41) is 22.8. The summed E-state index contributed by atoms with van der Waals surface area (Å²) in [7, 11) is 1.67. The Morgan fingerprint density at radius 2 is 2.57 bits per heavy atom. The number of rotatable bonds is 3. The number of nitrogens with zero attached hydrogens (tertiary/aromatic N) is 4. The van der Waals surface area contributed by atoms with Gasteiger partial charge in [-0.15, -0.1) is 5.10 Å². The molecule has 2 atom stereocenters. The third-order valence-corrected chi connectivity index (χ3v) is 2.51. The third kappa shape index (κ3) is 1.55. The summed E-state index contributed by atoms with van der Waals surface area (Å²) in [5.41, 5.74) is 0. The fourth-order valence-electron chi connectivity index (χ4n) is 1.74. The first kappa shape index (κ1) is 9.35. The van der Waals surface area contributed by atoms with Crippen LogP contribution in [0.1, 0.15) is 6.42 Å². The number of aromatic amines is 1. The Morgan fingerprint density at radius 3 is 3.14 bits per heavy atom. The predicted molar refractivity (Wildman–Crippen MR) is 47.8 cm³/mol. The van der Waals surface area contributed by atoms with Crippen LogP contribution in [-0.2, 0) is 4.74 Å². The smallest absolute Gasteiger partial charge is 0.266 e. The zero-order valence-electron chi connectivity index (χ0n) is 7.92. The molecular weight excluding hydrogens is 186 g/mol. The first-order valence-electron chi connectivity index (χ1n) is 4.49. The van der Waals surface area contributed by atoms with Crippen molar-refractivity contribution in [2.45, 2.75) is 18.6 Å². The number of hydrogen-bond donors (Lipinski definition) is 2. The van der Waals surface area contributed by atoms with E-state index in [1.807, 2.05) is 4.90 Å². The molecule has 1 aliphatic rings. The van der Waals surface area contributed by atoms with Crippen LogP contribution < -0.4 is 4.90 Å². The maximum atomic E-state index is 9.17. The molecule has 1 aliphatic heterocycles. The molecule has 0 bridgehead atoms. The number of H-pyrrole nitrogens is 1. The summed E-state index contributed by atoms with van der Waals surface area (Å²) in [6, 6.07) is 0.0255. The molecule has 2 heterocycles. The number of tetrazole rings is 1. The topological polar surface area (TPSA) is 87.2 Å². The zero-order valence-corrected chi connectivity index (χ0v) is 7.92. The normalized spacial score (nSPS) is 27.1. The van der Waals surface area contributed by atoms with Crippen molar-refractivity contribution in [2.75, 3.05) is 25.2 Å². The number of hydrogen-bond acceptors (Lipinski definition) is 6. The Kier molecular flexibility index (Phi) is 2.60. The number of anilines is 1. The molecular formula is C7H13N5O2. The van der Waals surface area contributed by atoms with Crippen LogP contribution in [0.4, 0.5) is 5.95 Å². The standard InChI is InChI=1S/C7H13N5O2/c1-14-6-2-5(4-13)12(3-6)7-8-10-11-9-7/h5-6,13H,2-4H2,1H3,(H,8,9,10,11). The van der Waals surface area contributed by atoms with Crippen molar-refractivity contribution in [1.82, 2.24) is 20.6 Å². The van der Waals surface area contributed by atoms with E-state index in [4.69, 9.17) is 9.84 Å². The highest BCUT2D eigenvalue weighted by molar-refractivity contribution is 5.31. The molecule has 7 heteroatoms. The van der Waals surface area contributed by atoms with Gasteiger partial charge in [0.15, 0.2) is 0 Å². The van der Waals surface area contributed by atoms with Gasteiger partial charge >= 0.3 is 0 Å². The van der Waals surface area contributed by atoms with Gasteiger partial charge in [-0.3, -0.25) is 0 Å². The summed E-state index contributed by atoms with van der Waals surface area (Å²) < 4.78 is 5.23. The van der Waals surface area contributed by atoms with E-state index in [0.29, 0.717) is 12.5 Å². The molecule has 0 aromatic carbocycles. The second-order valence-electron chi connectivity index (χ2n) is 3.29. The molecule has 0 saturated carbocycles. The second-order valence-corrected chi connectivity index (χ2v) is 3.29. The van der Waals surface area contributed by atoms with Crippen LogP contribution in [-0.4, -0.2) is 58.1 Å². The van der Waals surface area contributed by atoms with Gasteiger partial charge in [-0.05, 0) is 11.6 Å². The number of ether oxygens (including phenoxy) is 1. The van der Waals surface area contributed by atoms with Gasteiger partial charge in [0.2, 0.25) is 0 Å². The Labute approximate surface area is 81.1 Å². The lowest BCUT2D eigenvalue weighted by atomic mass is 10.2. The van der Waals surface area contributed by atoms with Crippen LogP contribution in [0.15, 0.2) is 0 Å². The molecule has 14 heavy (non-hydrogen) atoms. The third-order valence-electron chi connectivity index (χ3n) is 2.51. The fourth-order valence-corrected chi connectivity index (χ4v) is 1.74. The molecule has 2 rings (SSSR count). The maximum Gasteiger partial charge on any atom is 0.266 e. The predicted octanol–water partition coefficient (Wildman–Crippen LogP) is -1.21. The molecule has 1 aromatic rings. The highest BCUT2D eigenvalue weighted by Crippen LogP contribution is 2.22. The Hall–Kier alpha value is -1.21. The molecule has 0 amide bonds. The molecule has 0 spiro atoms. The average molecular weight is 199 g/mol. The number of aromatic nitrogens is 4. The van der Waals surface area contributed by atoms with E-state index in [9.17, 15) is 0 Å². The van der Waals surface area contributed by atoms with Gasteiger partial charge < -0.3 is 14.7 Å². The molecule has 1 aromatic heterocycles. The lowest BCUT2D eigenvalue weighted by Gasteiger charge is -2.19. The van der Waals surface area contributed by atoms with E-state index in [1.54, 1.807) is 7.11 Å². The second kappa shape index (κ2) is 3.89. The largest absolute Gasteiger partial charge is 0.394 e. The van der Waals surface area contributed by atoms with Gasteiger partial charge in [-0.25, -0.2) is 0 Å². The van der Waals surface area contributed by atoms with Crippen LogP contribution in [0.2, 0.25) is 0 Å². The van der Waals surface area contributed by atoms with E-state index in [-0.39, 0.29) is 18.8 Å². The van der Waals surface area contributed by atoms with Gasteiger partial charge in [0.25, 0.3) is 5.95 Å². The Balaban J connectivity index is 2.11. The van der Waals surface area contributed by atoms with Gasteiger partial charge in [0, 0.05) is 13.7 Å². The number of aliphatic hydroxyl groups excluding tert-OH is 1. The summed E-state index contributed by atoms with van der Waals surface area (Å²) in [4.78, 5) is 1.90. The number of methoxy groups -OCH3 is 1. The zero-order chi connectivity index (χ0) is 9.97. The van der Waals surface area contributed by atoms with E-state index in [0.717, 1.165) is 6.42 Å². The minimum absolute atomic E-state index is 0.0255. The highest BCUT2D eigenvalue weighted by atomic mass is 16.5. The van der Waals surface area contributed by atoms with Gasteiger partial charge in [0.1, 0.15) is 0 Å². The summed E-state index contributed by atoms with van der Waals surface area (Å²) in [6.07, 6.45) is 0.923. The van der Waals surface area contributed by atoms with Crippen LogP contribution in [0.25, 0.3) is 0 Å². The Morgan fingerprint density at radius 1 is 1.71 bits per heavy atom. The van der Waals surface area contributed by atoms with E-state index in [2.05, 4.69) is 20.6 Å². The molecule has 2 N–H and O–H groups in total. The van der Waals surface area contributed by atoms with E-state index < -0.39 is 0 Å². The Bertz CT molecular complexity index is 278. The lowest BCUT2D eigenvalue weighted by Crippen LogP contribution is -2.33. The lowest BCUT2D eigenvalue weighted by molar-refractivity contribution is 0.115. The molecule has 7 nitrogen and oxygen atoms in total. The van der Waals surface area contributed by atoms with E-state index in [1.165, 1.54) is 0 Å². The quantitative estimate of drug-likeness (QED) is 0.635. The van der Waals surface area contributed by atoms with Crippen LogP contribution in [0.5, 0.6) is 0 Å². The number of aliphatic hydroxyl groups is 1. The monoisotopic (exact) mass is 199 g/mol. The fraction of sp³-hybridized carbons (Fsp3) is 0.857. The molecule has 1 saturated heterocycles. The van der Waals surface area contributed by atoms with Gasteiger partial charge in [-0.2, -0.15) is 5.21 Å². The van der Waals surface area contributed by atoms with Crippen molar-refractivity contribution < 1.29 is 9.84 Å². The molecule has 0 radical (unpaired) electrons. The van der Waals surface area contributed by atoms with Crippen LogP contribution in [0.3, 0.4) is 0 Å². The molecule has 2 unspecified atom stereocenters. The minimum Gasteiger partial charge on any atom is -0.394 e. The number of nitrogens with one attached hydrogen (secondary N) is 1. The van der Waals surface area contributed by atoms with Crippen molar-refractivity contribution in [3.63, 3.8) is 0 Å².